The Morgan fingerprint density at radius 1 is 1.17 bits per heavy atom. The standard InChI is InChI=1S/C19H15F2N5O3S/c1-24-14-5-6-26(16(14)17(28)25(2)19(24)29)8-15(27)23-18-22-13(9-30-18)11-4-3-10(20)7-12(11)21/h3-7,9H,8H2,1-2H3,(H,22,23,27). The van der Waals surface area contributed by atoms with Gasteiger partial charge >= 0.3 is 5.69 Å². The molecule has 3 heterocycles. The first-order valence-electron chi connectivity index (χ1n) is 8.72. The van der Waals surface area contributed by atoms with Crippen LogP contribution in [0.1, 0.15) is 0 Å². The fraction of sp³-hybridized carbons (Fsp3) is 0.158. The fourth-order valence-electron chi connectivity index (χ4n) is 3.14. The second kappa shape index (κ2) is 7.34. The Morgan fingerprint density at radius 2 is 1.93 bits per heavy atom. The van der Waals surface area contributed by atoms with Gasteiger partial charge in [-0.05, 0) is 18.2 Å². The van der Waals surface area contributed by atoms with Crippen LogP contribution >= 0.6 is 11.3 Å². The molecule has 30 heavy (non-hydrogen) atoms. The summed E-state index contributed by atoms with van der Waals surface area (Å²) < 4.78 is 30.7. The van der Waals surface area contributed by atoms with Gasteiger partial charge in [-0.2, -0.15) is 0 Å². The maximum atomic E-state index is 13.9. The number of aromatic nitrogens is 4. The Morgan fingerprint density at radius 3 is 2.67 bits per heavy atom. The van der Waals surface area contributed by atoms with Crippen molar-refractivity contribution in [3.8, 4) is 11.3 Å². The average molecular weight is 431 g/mol. The number of hydrogen-bond donors (Lipinski definition) is 1. The van der Waals surface area contributed by atoms with Crippen LogP contribution in [0.2, 0.25) is 0 Å². The minimum atomic E-state index is -0.751. The molecule has 0 spiro atoms. The summed E-state index contributed by atoms with van der Waals surface area (Å²) in [5.74, 6) is -1.90. The van der Waals surface area contributed by atoms with Crippen LogP contribution in [0.15, 0.2) is 45.4 Å². The maximum Gasteiger partial charge on any atom is 0.331 e. The first-order chi connectivity index (χ1) is 14.3. The van der Waals surface area contributed by atoms with Gasteiger partial charge in [-0.1, -0.05) is 0 Å². The van der Waals surface area contributed by atoms with E-state index in [2.05, 4.69) is 10.3 Å². The largest absolute Gasteiger partial charge is 0.332 e. The predicted molar refractivity (Wildman–Crippen MR) is 109 cm³/mol. The number of halogens is 2. The molecule has 0 unspecified atom stereocenters. The summed E-state index contributed by atoms with van der Waals surface area (Å²) >= 11 is 1.09. The summed E-state index contributed by atoms with van der Waals surface area (Å²) in [5, 5.41) is 4.38. The van der Waals surface area contributed by atoms with Crippen LogP contribution in [-0.4, -0.2) is 24.6 Å². The van der Waals surface area contributed by atoms with Crippen molar-refractivity contribution in [3.05, 3.63) is 68.3 Å². The Kier molecular flexibility index (Phi) is 4.82. The lowest BCUT2D eigenvalue weighted by molar-refractivity contribution is -0.116. The van der Waals surface area contributed by atoms with Crippen molar-refractivity contribution in [2.24, 2.45) is 14.1 Å². The highest BCUT2D eigenvalue weighted by Gasteiger charge is 2.16. The number of benzene rings is 1. The molecule has 0 aliphatic carbocycles. The van der Waals surface area contributed by atoms with Gasteiger partial charge in [0.2, 0.25) is 5.91 Å². The number of amides is 1. The predicted octanol–water partition coefficient (Wildman–Crippen LogP) is 2.08. The van der Waals surface area contributed by atoms with Crippen molar-refractivity contribution in [2.75, 3.05) is 5.32 Å². The third-order valence-electron chi connectivity index (χ3n) is 4.66. The summed E-state index contributed by atoms with van der Waals surface area (Å²) in [6.07, 6.45) is 1.55. The van der Waals surface area contributed by atoms with Crippen LogP contribution in [0, 0.1) is 11.6 Å². The molecule has 1 amide bonds. The number of hydrogen-bond acceptors (Lipinski definition) is 5. The molecule has 0 aliphatic heterocycles. The number of thiazole rings is 1. The second-order valence-electron chi connectivity index (χ2n) is 6.59. The molecular formula is C19H15F2N5O3S. The number of anilines is 1. The molecule has 1 N–H and O–H groups in total. The van der Waals surface area contributed by atoms with Gasteiger partial charge in [0.25, 0.3) is 5.56 Å². The van der Waals surface area contributed by atoms with Gasteiger partial charge < -0.3 is 9.88 Å². The molecule has 3 aromatic heterocycles. The van der Waals surface area contributed by atoms with Crippen LogP contribution < -0.4 is 16.6 Å². The van der Waals surface area contributed by atoms with E-state index in [1.54, 1.807) is 24.7 Å². The van der Waals surface area contributed by atoms with Gasteiger partial charge in [-0.15, -0.1) is 11.3 Å². The summed E-state index contributed by atoms with van der Waals surface area (Å²) in [6.45, 7) is -0.184. The number of carbonyl (C=O) groups excluding carboxylic acids is 1. The lowest BCUT2D eigenvalue weighted by Crippen LogP contribution is -2.37. The fourth-order valence-corrected chi connectivity index (χ4v) is 3.86. The monoisotopic (exact) mass is 431 g/mol. The Bertz CT molecular complexity index is 1420. The highest BCUT2D eigenvalue weighted by molar-refractivity contribution is 7.14. The van der Waals surface area contributed by atoms with Crippen molar-refractivity contribution in [3.63, 3.8) is 0 Å². The molecular weight excluding hydrogens is 416 g/mol. The molecule has 0 saturated carbocycles. The molecule has 4 aromatic rings. The first-order valence-corrected chi connectivity index (χ1v) is 9.60. The van der Waals surface area contributed by atoms with Crippen molar-refractivity contribution >= 4 is 33.4 Å². The van der Waals surface area contributed by atoms with Crippen LogP contribution in [0.3, 0.4) is 0 Å². The lowest BCUT2D eigenvalue weighted by Gasteiger charge is -2.08. The summed E-state index contributed by atoms with van der Waals surface area (Å²) in [5.41, 5.74) is 0.0616. The van der Waals surface area contributed by atoms with Crippen LogP contribution in [0.4, 0.5) is 13.9 Å². The molecule has 4 rings (SSSR count). The molecule has 8 nitrogen and oxygen atoms in total. The molecule has 0 fully saturated rings. The van der Waals surface area contributed by atoms with Crippen LogP contribution in [-0.2, 0) is 25.4 Å². The van der Waals surface area contributed by atoms with Gasteiger partial charge in [-0.3, -0.25) is 18.7 Å². The molecule has 0 saturated heterocycles. The Hall–Kier alpha value is -3.60. The smallest absolute Gasteiger partial charge is 0.331 e. The summed E-state index contributed by atoms with van der Waals surface area (Å²) in [7, 11) is 2.91. The minimum absolute atomic E-state index is 0.119. The van der Waals surface area contributed by atoms with E-state index < -0.39 is 28.8 Å². The van der Waals surface area contributed by atoms with E-state index in [1.165, 1.54) is 22.2 Å². The number of fused-ring (bicyclic) bond motifs is 1. The normalized spacial score (nSPS) is 11.2. The van der Waals surface area contributed by atoms with Crippen molar-refractivity contribution in [1.82, 2.24) is 18.7 Å². The zero-order valence-corrected chi connectivity index (χ0v) is 16.7. The van der Waals surface area contributed by atoms with Crippen molar-refractivity contribution in [1.29, 1.82) is 0 Å². The minimum Gasteiger partial charge on any atom is -0.332 e. The van der Waals surface area contributed by atoms with E-state index in [0.29, 0.717) is 5.52 Å². The molecule has 0 bridgehead atoms. The van der Waals surface area contributed by atoms with E-state index in [4.69, 9.17) is 0 Å². The zero-order chi connectivity index (χ0) is 21.6. The SMILES string of the molecule is Cn1c(=O)c2c(ccn2CC(=O)Nc2nc(-c3ccc(F)cc3F)cs2)n(C)c1=O. The second-order valence-corrected chi connectivity index (χ2v) is 7.45. The van der Waals surface area contributed by atoms with Crippen molar-refractivity contribution in [2.45, 2.75) is 6.54 Å². The first kappa shape index (κ1) is 19.7. The van der Waals surface area contributed by atoms with Gasteiger partial charge in [0, 0.05) is 37.3 Å². The zero-order valence-electron chi connectivity index (χ0n) is 15.8. The maximum absolute atomic E-state index is 13.9. The molecule has 0 atom stereocenters. The summed E-state index contributed by atoms with van der Waals surface area (Å²) in [4.78, 5) is 41.1. The van der Waals surface area contributed by atoms with Crippen molar-refractivity contribution < 1.29 is 13.6 Å². The van der Waals surface area contributed by atoms with Crippen LogP contribution in [0.5, 0.6) is 0 Å². The van der Waals surface area contributed by atoms with Gasteiger partial charge in [0.1, 0.15) is 23.7 Å². The third kappa shape index (κ3) is 3.32. The van der Waals surface area contributed by atoms with Crippen LogP contribution in [0.25, 0.3) is 22.3 Å². The molecule has 11 heteroatoms. The highest BCUT2D eigenvalue weighted by atomic mass is 32.1. The number of aryl methyl sites for hydroxylation is 1. The molecule has 154 valence electrons. The topological polar surface area (TPSA) is 90.9 Å². The third-order valence-corrected chi connectivity index (χ3v) is 5.41. The van der Waals surface area contributed by atoms with Gasteiger partial charge in [0.05, 0.1) is 11.2 Å². The van der Waals surface area contributed by atoms with E-state index in [0.717, 1.165) is 28.0 Å². The number of carbonyl (C=O) groups is 1. The Labute approximate surface area is 171 Å². The highest BCUT2D eigenvalue weighted by Crippen LogP contribution is 2.27. The van der Waals surface area contributed by atoms with Gasteiger partial charge in [0.15, 0.2) is 5.13 Å². The number of nitrogens with zero attached hydrogens (tertiary/aromatic N) is 4. The van der Waals surface area contributed by atoms with E-state index in [1.807, 2.05) is 0 Å². The van der Waals surface area contributed by atoms with Gasteiger partial charge in [-0.25, -0.2) is 18.6 Å². The molecule has 0 radical (unpaired) electrons. The molecule has 0 aliphatic rings. The molecule has 1 aromatic carbocycles. The number of nitrogens with one attached hydrogen (secondary N) is 1. The van der Waals surface area contributed by atoms with E-state index in [-0.39, 0.29) is 28.5 Å². The van der Waals surface area contributed by atoms with E-state index >= 15 is 0 Å². The summed E-state index contributed by atoms with van der Waals surface area (Å²) in [6, 6.07) is 4.75. The average Bonchev–Trinajstić information content (AvgIpc) is 3.32. The quantitative estimate of drug-likeness (QED) is 0.536. The number of rotatable bonds is 4. The Balaban J connectivity index is 1.57. The lowest BCUT2D eigenvalue weighted by atomic mass is 10.1. The van der Waals surface area contributed by atoms with E-state index in [9.17, 15) is 23.2 Å².